The number of nitrogens with zero attached hydrogens (tertiary/aromatic N) is 1. The number of rotatable bonds is 1. The first-order valence-corrected chi connectivity index (χ1v) is 13.7. The Morgan fingerprint density at radius 1 is 0.867 bits per heavy atom. The molecule has 0 aliphatic rings. The molecule has 0 fully saturated rings. The van der Waals surface area contributed by atoms with Crippen LogP contribution in [0, 0.1) is 0 Å². The fourth-order valence-corrected chi connectivity index (χ4v) is 3.02. The second-order valence-electron chi connectivity index (χ2n) is 6.23. The molecule has 0 atom stereocenters. The fourth-order valence-electron chi connectivity index (χ4n) is 1.01. The van der Waals surface area contributed by atoms with E-state index in [2.05, 4.69) is 52.0 Å². The van der Waals surface area contributed by atoms with Gasteiger partial charge in [-0.25, -0.2) is 0 Å². The van der Waals surface area contributed by atoms with E-state index in [0.717, 1.165) is 0 Å². The first-order valence-electron chi connectivity index (χ1n) is 5.27. The monoisotopic (exact) mass is 287 g/mol. The van der Waals surface area contributed by atoms with E-state index in [1.54, 1.807) is 0 Å². The van der Waals surface area contributed by atoms with Crippen molar-refractivity contribution < 1.29 is 0 Å². The average Bonchev–Trinajstić information content (AvgIpc) is 1.77. The van der Waals surface area contributed by atoms with Crippen LogP contribution in [-0.2, 0) is 0 Å². The molecule has 0 unspecified atom stereocenters. The van der Waals surface area contributed by atoms with Crippen molar-refractivity contribution in [2.45, 2.75) is 59.0 Å². The molecule has 0 bridgehead atoms. The zero-order valence-electron chi connectivity index (χ0n) is 11.7. The van der Waals surface area contributed by atoms with Gasteiger partial charge in [-0.15, -0.1) is 22.2 Å². The molecule has 0 saturated carbocycles. The lowest BCUT2D eigenvalue weighted by molar-refractivity contribution is 0.286. The van der Waals surface area contributed by atoms with Crippen molar-refractivity contribution in [1.82, 2.24) is 4.57 Å². The van der Waals surface area contributed by atoms with Crippen LogP contribution in [0.15, 0.2) is 0 Å². The smallest absolute Gasteiger partial charge is 0.245 e. The van der Waals surface area contributed by atoms with Crippen LogP contribution in [0.4, 0.5) is 0 Å². The maximum atomic E-state index is 5.43. The van der Waals surface area contributed by atoms with Crippen molar-refractivity contribution in [3.8, 4) is 0 Å². The van der Waals surface area contributed by atoms with Gasteiger partial charge in [-0.1, -0.05) is 19.6 Å². The molecule has 0 aliphatic heterocycles. The third-order valence-corrected chi connectivity index (χ3v) is 4.70. The average molecular weight is 288 g/mol. The Morgan fingerprint density at radius 3 is 1.07 bits per heavy atom. The Morgan fingerprint density at radius 2 is 1.07 bits per heavy atom. The van der Waals surface area contributed by atoms with Gasteiger partial charge >= 0.3 is 0 Å². The first kappa shape index (κ1) is 18.3. The molecule has 0 rings (SSSR count). The van der Waals surface area contributed by atoms with Crippen LogP contribution in [-0.4, -0.2) is 32.1 Å². The van der Waals surface area contributed by atoms with Crippen LogP contribution in [0.25, 0.3) is 0 Å². The van der Waals surface area contributed by atoms with Crippen LogP contribution < -0.4 is 0 Å². The second-order valence-corrected chi connectivity index (χ2v) is 20.1. The first-order chi connectivity index (χ1) is 6.15. The zero-order chi connectivity index (χ0) is 13.1. The number of hydrogen-bond donors (Lipinski definition) is 0. The lowest BCUT2D eigenvalue weighted by Gasteiger charge is -2.41. The molecule has 0 heterocycles. The van der Waals surface area contributed by atoms with E-state index >= 15 is 0 Å². The minimum absolute atomic E-state index is 0.338. The Hall–Kier alpha value is 0.974. The van der Waals surface area contributed by atoms with E-state index < -0.39 is 14.9 Å². The van der Waals surface area contributed by atoms with Crippen LogP contribution in [0.1, 0.15) is 20.8 Å². The van der Waals surface area contributed by atoms with Gasteiger partial charge < -0.3 is 4.57 Å². The normalized spacial score (nSPS) is 13.6. The van der Waals surface area contributed by atoms with Crippen molar-refractivity contribution in [2.75, 3.05) is 7.05 Å². The Labute approximate surface area is 108 Å². The third-order valence-electron chi connectivity index (χ3n) is 2.01. The van der Waals surface area contributed by atoms with Crippen LogP contribution in [0.5, 0.6) is 0 Å². The van der Waals surface area contributed by atoms with Gasteiger partial charge in [0.15, 0.2) is 0 Å². The minimum Gasteiger partial charge on any atom is -0.322 e. The van der Waals surface area contributed by atoms with Gasteiger partial charge in [-0.05, 0) is 40.9 Å². The number of hydrogen-bond acceptors (Lipinski definition) is 1. The van der Waals surface area contributed by atoms with E-state index in [-0.39, 0.29) is 0 Å². The van der Waals surface area contributed by atoms with Crippen molar-refractivity contribution in [2.24, 2.45) is 0 Å². The molecule has 94 valence electrons. The van der Waals surface area contributed by atoms with Gasteiger partial charge in [0.05, 0.1) is 0 Å². The molecule has 0 spiro atoms. The van der Waals surface area contributed by atoms with Gasteiger partial charge in [0.1, 0.15) is 8.24 Å². The number of halogens is 2. The van der Waals surface area contributed by atoms with Gasteiger partial charge in [-0.3, -0.25) is 0 Å². The van der Waals surface area contributed by atoms with Gasteiger partial charge in [0.25, 0.3) is 0 Å². The molecule has 0 aromatic rings. The lowest BCUT2D eigenvalue weighted by Crippen LogP contribution is -2.53. The summed E-state index contributed by atoms with van der Waals surface area (Å²) in [5.41, 5.74) is 0.338. The lowest BCUT2D eigenvalue weighted by atomic mass is 10.1. The highest BCUT2D eigenvalue weighted by atomic mass is 35.7. The summed E-state index contributed by atoms with van der Waals surface area (Å²) in [6.07, 6.45) is 0. The highest BCUT2D eigenvalue weighted by Crippen LogP contribution is 2.18. The summed E-state index contributed by atoms with van der Waals surface area (Å²) < 4.78 is 2.51. The van der Waals surface area contributed by atoms with Gasteiger partial charge in [-0.2, -0.15) is 0 Å². The predicted molar refractivity (Wildman–Crippen MR) is 80.1 cm³/mol. The van der Waals surface area contributed by atoms with Crippen LogP contribution in [0.3, 0.4) is 0 Å². The molecule has 0 saturated heterocycles. The Kier molecular flexibility index (Phi) is 7.40. The Bertz CT molecular complexity index is 157. The van der Waals surface area contributed by atoms with Crippen LogP contribution >= 0.6 is 22.2 Å². The van der Waals surface area contributed by atoms with E-state index in [0.29, 0.717) is 5.54 Å². The summed E-state index contributed by atoms with van der Waals surface area (Å²) in [6.45, 7) is 16.0. The molecule has 0 aliphatic carbocycles. The van der Waals surface area contributed by atoms with Crippen molar-refractivity contribution in [3.63, 3.8) is 0 Å². The predicted octanol–water partition coefficient (Wildman–Crippen LogP) is 4.72. The minimum atomic E-state index is -1.67. The summed E-state index contributed by atoms with van der Waals surface area (Å²) in [5.74, 6) is 0. The van der Waals surface area contributed by atoms with Crippen LogP contribution in [0.2, 0.25) is 32.7 Å². The van der Waals surface area contributed by atoms with Gasteiger partial charge in [0, 0.05) is 5.54 Å². The third kappa shape index (κ3) is 15.0. The molecule has 1 nitrogen and oxygen atoms in total. The molecular weight excluding hydrogens is 261 g/mol. The molecule has 5 heteroatoms. The summed E-state index contributed by atoms with van der Waals surface area (Å²) in [7, 11) is 1.17. The van der Waals surface area contributed by atoms with E-state index in [1.807, 2.05) is 13.1 Å². The Balaban J connectivity index is 0. The summed E-state index contributed by atoms with van der Waals surface area (Å²) in [6, 6.07) is 0. The standard InChI is InChI=1S/C8H21NSi.C2H6Cl2Si/c1-8(2,3)9(4)10(5,6)7;1-5(2,3)4/h1-7H3;1-2H3. The summed E-state index contributed by atoms with van der Waals surface area (Å²) in [5, 5.41) is 0. The van der Waals surface area contributed by atoms with Crippen molar-refractivity contribution >= 4 is 37.1 Å². The molecule has 0 amide bonds. The van der Waals surface area contributed by atoms with E-state index in [9.17, 15) is 0 Å². The summed E-state index contributed by atoms with van der Waals surface area (Å²) in [4.78, 5) is 0. The quantitative estimate of drug-likeness (QED) is 0.498. The van der Waals surface area contributed by atoms with E-state index in [4.69, 9.17) is 22.2 Å². The maximum absolute atomic E-state index is 5.43. The van der Waals surface area contributed by atoms with Gasteiger partial charge in [0.2, 0.25) is 6.69 Å². The fraction of sp³-hybridized carbons (Fsp3) is 1.00. The molecule has 0 aromatic heterocycles. The van der Waals surface area contributed by atoms with E-state index in [1.165, 1.54) is 0 Å². The molecule has 15 heavy (non-hydrogen) atoms. The highest BCUT2D eigenvalue weighted by molar-refractivity contribution is 7.44. The largest absolute Gasteiger partial charge is 0.322 e. The maximum Gasteiger partial charge on any atom is 0.245 e. The second kappa shape index (κ2) is 6.06. The highest BCUT2D eigenvalue weighted by Gasteiger charge is 2.28. The molecular formula is C10H27Cl2NSi2. The SMILES string of the molecule is CN(C(C)(C)C)[Si](C)(C)C.C[Si](C)(Cl)Cl. The van der Waals surface area contributed by atoms with Crippen molar-refractivity contribution in [1.29, 1.82) is 0 Å². The topological polar surface area (TPSA) is 3.24 Å². The molecule has 0 radical (unpaired) electrons. The summed E-state index contributed by atoms with van der Waals surface area (Å²) >= 11 is 10.9. The molecule has 0 N–H and O–H groups in total. The van der Waals surface area contributed by atoms with Crippen molar-refractivity contribution in [3.05, 3.63) is 0 Å². The molecule has 0 aromatic carbocycles. The zero-order valence-corrected chi connectivity index (χ0v) is 15.2.